The summed E-state index contributed by atoms with van der Waals surface area (Å²) < 4.78 is 22.7. The smallest absolute Gasteiger partial charge is 0.333 e. The van der Waals surface area contributed by atoms with E-state index in [4.69, 9.17) is 18.9 Å². The molecule has 2 rings (SSSR count). The van der Waals surface area contributed by atoms with Gasteiger partial charge in [0.15, 0.2) is 0 Å². The summed E-state index contributed by atoms with van der Waals surface area (Å²) in [6.45, 7) is 9.70. The summed E-state index contributed by atoms with van der Waals surface area (Å²) in [6, 6.07) is 8.45. The lowest BCUT2D eigenvalue weighted by atomic mass is 9.79. The Balaban J connectivity index is 1.63. The molecule has 32 heavy (non-hydrogen) atoms. The van der Waals surface area contributed by atoms with Crippen molar-refractivity contribution in [1.29, 1.82) is 0 Å². The lowest BCUT2D eigenvalue weighted by molar-refractivity contribution is -0.142. The van der Waals surface area contributed by atoms with E-state index in [1.165, 1.54) is 24.8 Å². The van der Waals surface area contributed by atoms with E-state index >= 15 is 0 Å². The number of carbonyl (C=O) groups excluding carboxylic acids is 1. The van der Waals surface area contributed by atoms with Crippen molar-refractivity contribution in [2.45, 2.75) is 71.3 Å². The average Bonchev–Trinajstić information content (AvgIpc) is 2.81. The third-order valence-corrected chi connectivity index (χ3v) is 6.24. The second-order valence-corrected chi connectivity index (χ2v) is 8.95. The largest absolute Gasteiger partial charge is 0.491 e. The Kier molecular flexibility index (Phi) is 12.4. The van der Waals surface area contributed by atoms with E-state index in [0.717, 1.165) is 37.9 Å². The molecule has 5 nitrogen and oxygen atoms in total. The molecule has 0 aromatic heterocycles. The molecule has 0 N–H and O–H groups in total. The summed E-state index contributed by atoms with van der Waals surface area (Å²) in [6.07, 6.45) is 9.36. The van der Waals surface area contributed by atoms with Crippen LogP contribution in [0.5, 0.6) is 5.75 Å². The van der Waals surface area contributed by atoms with Crippen LogP contribution in [0, 0.1) is 11.8 Å². The van der Waals surface area contributed by atoms with Crippen LogP contribution in [-0.4, -0.2) is 45.6 Å². The average molecular weight is 447 g/mol. The first-order chi connectivity index (χ1) is 15.5. The van der Waals surface area contributed by atoms with Crippen LogP contribution in [0.25, 0.3) is 0 Å². The summed E-state index contributed by atoms with van der Waals surface area (Å²) in [5.74, 6) is 1.29. The molecule has 1 aromatic carbocycles. The molecule has 1 aliphatic carbocycles. The number of aryl methyl sites for hydroxylation is 1. The highest BCUT2D eigenvalue weighted by atomic mass is 16.5. The number of benzene rings is 1. The predicted molar refractivity (Wildman–Crippen MR) is 128 cm³/mol. The van der Waals surface area contributed by atoms with Gasteiger partial charge in [0.1, 0.15) is 12.4 Å². The van der Waals surface area contributed by atoms with Gasteiger partial charge in [0, 0.05) is 18.6 Å². The van der Waals surface area contributed by atoms with E-state index in [-0.39, 0.29) is 18.0 Å². The van der Waals surface area contributed by atoms with E-state index < -0.39 is 0 Å². The molecule has 0 radical (unpaired) electrons. The Morgan fingerprint density at radius 2 is 1.78 bits per heavy atom. The normalized spacial score (nSPS) is 19.3. The topological polar surface area (TPSA) is 54.0 Å². The number of carbonyl (C=O) groups is 1. The predicted octanol–water partition coefficient (Wildman–Crippen LogP) is 5.76. The highest BCUT2D eigenvalue weighted by molar-refractivity contribution is 5.86. The van der Waals surface area contributed by atoms with Crippen LogP contribution in [0.2, 0.25) is 0 Å². The number of hydrogen-bond acceptors (Lipinski definition) is 5. The molecule has 0 amide bonds. The molecule has 1 aliphatic rings. The molecule has 0 bridgehead atoms. The van der Waals surface area contributed by atoms with Crippen molar-refractivity contribution >= 4 is 5.97 Å². The Morgan fingerprint density at radius 1 is 1.06 bits per heavy atom. The molecule has 180 valence electrons. The maximum absolute atomic E-state index is 11.7. The molecule has 0 saturated heterocycles. The number of ether oxygens (including phenoxy) is 4. The van der Waals surface area contributed by atoms with Gasteiger partial charge in [0.2, 0.25) is 0 Å². The summed E-state index contributed by atoms with van der Waals surface area (Å²) in [5, 5.41) is 0. The van der Waals surface area contributed by atoms with Gasteiger partial charge in [0.25, 0.3) is 0 Å². The number of unbranched alkanes of at least 4 members (excludes halogenated alkanes) is 2. The molecule has 0 aliphatic heterocycles. The zero-order chi connectivity index (χ0) is 23.2. The monoisotopic (exact) mass is 446 g/mol. The molecular formula is C27H42O5. The molecule has 1 atom stereocenters. The minimum absolute atomic E-state index is 0.220. The van der Waals surface area contributed by atoms with Gasteiger partial charge in [-0.1, -0.05) is 38.5 Å². The van der Waals surface area contributed by atoms with Crippen LogP contribution in [0.4, 0.5) is 0 Å². The Labute approximate surface area is 194 Å². The standard InChI is InChI=1S/C27H42O5/c1-5-6-7-8-22-9-13-25(14-10-22)30-17-18-31-26-15-11-23(12-16-26)24(19-29-4)20-32-27(28)21(2)3/h9-10,13-14,23-24,26H,2,5-8,11-12,15-20H2,1,3-4H3. The van der Waals surface area contributed by atoms with E-state index in [1.807, 2.05) is 0 Å². The van der Waals surface area contributed by atoms with E-state index in [9.17, 15) is 4.79 Å². The van der Waals surface area contributed by atoms with Gasteiger partial charge in [-0.05, 0) is 69.1 Å². The maximum atomic E-state index is 11.7. The van der Waals surface area contributed by atoms with Crippen molar-refractivity contribution in [3.05, 3.63) is 42.0 Å². The van der Waals surface area contributed by atoms with Gasteiger partial charge >= 0.3 is 5.97 Å². The molecule has 0 spiro atoms. The van der Waals surface area contributed by atoms with Crippen molar-refractivity contribution in [3.8, 4) is 5.75 Å². The van der Waals surface area contributed by atoms with Crippen molar-refractivity contribution in [3.63, 3.8) is 0 Å². The number of hydrogen-bond donors (Lipinski definition) is 0. The Morgan fingerprint density at radius 3 is 2.41 bits per heavy atom. The van der Waals surface area contributed by atoms with Crippen LogP contribution in [0.1, 0.15) is 64.4 Å². The van der Waals surface area contributed by atoms with Crippen LogP contribution in [-0.2, 0) is 25.4 Å². The lowest BCUT2D eigenvalue weighted by Gasteiger charge is -2.33. The maximum Gasteiger partial charge on any atom is 0.333 e. The quantitative estimate of drug-likeness (QED) is 0.195. The number of rotatable bonds is 15. The third-order valence-electron chi connectivity index (χ3n) is 6.24. The van der Waals surface area contributed by atoms with E-state index in [1.54, 1.807) is 14.0 Å². The highest BCUT2D eigenvalue weighted by Crippen LogP contribution is 2.32. The summed E-state index contributed by atoms with van der Waals surface area (Å²) in [4.78, 5) is 11.7. The lowest BCUT2D eigenvalue weighted by Crippen LogP contribution is -2.32. The first-order valence-electron chi connectivity index (χ1n) is 12.2. The molecule has 5 heteroatoms. The van der Waals surface area contributed by atoms with E-state index in [2.05, 4.69) is 37.8 Å². The summed E-state index contributed by atoms with van der Waals surface area (Å²) in [7, 11) is 1.70. The molecule has 1 fully saturated rings. The molecular weight excluding hydrogens is 404 g/mol. The zero-order valence-electron chi connectivity index (χ0n) is 20.3. The first-order valence-corrected chi connectivity index (χ1v) is 12.2. The minimum atomic E-state index is -0.325. The van der Waals surface area contributed by atoms with Crippen LogP contribution < -0.4 is 4.74 Å². The molecule has 0 heterocycles. The van der Waals surface area contributed by atoms with Crippen molar-refractivity contribution in [1.82, 2.24) is 0 Å². The minimum Gasteiger partial charge on any atom is -0.491 e. The van der Waals surface area contributed by atoms with Crippen molar-refractivity contribution in [2.24, 2.45) is 11.8 Å². The van der Waals surface area contributed by atoms with E-state index in [0.29, 0.717) is 37.9 Å². The van der Waals surface area contributed by atoms with Crippen molar-refractivity contribution < 1.29 is 23.7 Å². The second kappa shape index (κ2) is 15.1. The van der Waals surface area contributed by atoms with Gasteiger partial charge < -0.3 is 18.9 Å². The van der Waals surface area contributed by atoms with Crippen molar-refractivity contribution in [2.75, 3.05) is 33.5 Å². The Bertz CT molecular complexity index is 661. The second-order valence-electron chi connectivity index (χ2n) is 8.95. The van der Waals surface area contributed by atoms with Gasteiger partial charge in [-0.25, -0.2) is 4.79 Å². The van der Waals surface area contributed by atoms with Gasteiger partial charge in [-0.3, -0.25) is 0 Å². The Hall–Kier alpha value is -1.85. The molecule has 1 saturated carbocycles. The van der Waals surface area contributed by atoms with Gasteiger partial charge in [-0.15, -0.1) is 0 Å². The fourth-order valence-electron chi connectivity index (χ4n) is 4.27. The van der Waals surface area contributed by atoms with Gasteiger partial charge in [-0.2, -0.15) is 0 Å². The summed E-state index contributed by atoms with van der Waals surface area (Å²) in [5.41, 5.74) is 1.81. The van der Waals surface area contributed by atoms with Crippen LogP contribution in [0.3, 0.4) is 0 Å². The zero-order valence-corrected chi connectivity index (χ0v) is 20.3. The summed E-state index contributed by atoms with van der Waals surface area (Å²) >= 11 is 0. The SMILES string of the molecule is C=C(C)C(=O)OCC(COC)C1CCC(OCCOc2ccc(CCCCC)cc2)CC1. The molecule has 1 unspecified atom stereocenters. The third kappa shape index (κ3) is 9.74. The number of esters is 1. The van der Waals surface area contributed by atoms with Crippen LogP contribution >= 0.6 is 0 Å². The fourth-order valence-corrected chi connectivity index (χ4v) is 4.27. The highest BCUT2D eigenvalue weighted by Gasteiger charge is 2.29. The number of methoxy groups -OCH3 is 1. The molecule has 1 aromatic rings. The van der Waals surface area contributed by atoms with Crippen LogP contribution in [0.15, 0.2) is 36.4 Å². The fraction of sp³-hybridized carbons (Fsp3) is 0.667. The first kappa shape index (κ1) is 26.4. The van der Waals surface area contributed by atoms with Gasteiger partial charge in [0.05, 0.1) is 25.9 Å².